The van der Waals surface area contributed by atoms with Gasteiger partial charge in [-0.15, -0.1) is 0 Å². The number of phenols is 1. The molecule has 1 aliphatic carbocycles. The summed E-state index contributed by atoms with van der Waals surface area (Å²) in [6, 6.07) is 7.14. The van der Waals surface area contributed by atoms with Crippen molar-refractivity contribution in [3.8, 4) is 5.75 Å². The predicted octanol–water partition coefficient (Wildman–Crippen LogP) is 3.43. The van der Waals surface area contributed by atoms with E-state index in [4.69, 9.17) is 9.39 Å². The van der Waals surface area contributed by atoms with Crippen molar-refractivity contribution < 1.29 is 29.1 Å². The Hall–Kier alpha value is -2.42. The average molecular weight is 467 g/mol. The summed E-state index contributed by atoms with van der Waals surface area (Å²) >= 11 is 0. The minimum absolute atomic E-state index is 0.137. The number of allylic oxidation sites excluding steroid dienone is 1. The number of carbonyl (C=O) groups excluding carboxylic acids is 2. The van der Waals surface area contributed by atoms with Crippen LogP contribution < -0.4 is 0 Å². The van der Waals surface area contributed by atoms with Crippen LogP contribution in [0.15, 0.2) is 41.0 Å². The van der Waals surface area contributed by atoms with Gasteiger partial charge >= 0.3 is 7.12 Å². The Bertz CT molecular complexity index is 988. The number of methoxy groups -OCH3 is 1. The van der Waals surface area contributed by atoms with Gasteiger partial charge < -0.3 is 19.5 Å². The lowest BCUT2D eigenvalue weighted by Crippen LogP contribution is -2.46. The van der Waals surface area contributed by atoms with E-state index in [1.165, 1.54) is 10.5 Å². The number of amides is 2. The van der Waals surface area contributed by atoms with Crippen LogP contribution in [0, 0.1) is 17.8 Å². The number of benzene rings is 1. The van der Waals surface area contributed by atoms with E-state index in [9.17, 15) is 19.7 Å². The van der Waals surface area contributed by atoms with Crippen molar-refractivity contribution in [2.45, 2.75) is 51.5 Å². The van der Waals surface area contributed by atoms with Crippen LogP contribution in [0.25, 0.3) is 6.08 Å². The van der Waals surface area contributed by atoms with Crippen molar-refractivity contribution >= 4 is 25.0 Å². The fourth-order valence-corrected chi connectivity index (χ4v) is 5.94. The maximum atomic E-state index is 13.0. The molecule has 0 saturated carbocycles. The highest BCUT2D eigenvalue weighted by molar-refractivity contribution is 6.43. The minimum atomic E-state index is -0.967. The highest BCUT2D eigenvalue weighted by Crippen LogP contribution is 2.50. The molecule has 0 bridgehead atoms. The SMILES string of the molecule is CCC/C(=C\c1ccc(O)cc1)CC[C@H]1OB(O)C[C@H]2C1=C(COC)C[C@H]1C(=O)N(C)C(=O)[C@H]12. The smallest absolute Gasteiger partial charge is 0.455 e. The summed E-state index contributed by atoms with van der Waals surface area (Å²) in [7, 11) is 2.22. The minimum Gasteiger partial charge on any atom is -0.508 e. The number of fused-ring (bicyclic) bond motifs is 3. The number of likely N-dealkylation sites (tertiary alicyclic amines) is 1. The maximum Gasteiger partial charge on any atom is 0.455 e. The number of hydrogen-bond acceptors (Lipinski definition) is 6. The van der Waals surface area contributed by atoms with Crippen molar-refractivity contribution in [2.75, 3.05) is 20.8 Å². The highest BCUT2D eigenvalue weighted by atomic mass is 16.5. The topological polar surface area (TPSA) is 96.3 Å². The Morgan fingerprint density at radius 1 is 1.21 bits per heavy atom. The van der Waals surface area contributed by atoms with Crippen LogP contribution in [-0.4, -0.2) is 60.8 Å². The molecule has 2 saturated heterocycles. The van der Waals surface area contributed by atoms with E-state index in [1.54, 1.807) is 26.3 Å². The molecule has 7 nitrogen and oxygen atoms in total. The molecule has 1 aromatic rings. The lowest BCUT2D eigenvalue weighted by atomic mass is 9.58. The number of aromatic hydroxyl groups is 1. The van der Waals surface area contributed by atoms with Gasteiger partial charge in [0.2, 0.25) is 11.8 Å². The van der Waals surface area contributed by atoms with Gasteiger partial charge in [0.25, 0.3) is 0 Å². The number of ether oxygens (including phenoxy) is 1. The Morgan fingerprint density at radius 2 is 1.94 bits per heavy atom. The average Bonchev–Trinajstić information content (AvgIpc) is 3.02. The van der Waals surface area contributed by atoms with Crippen LogP contribution in [0.1, 0.15) is 44.6 Å². The third kappa shape index (κ3) is 4.85. The standard InChI is InChI=1S/C26H34BNO6/c1-4-5-16(12-17-6-9-19(29)10-7-17)8-11-22-23-18(15-33-3)13-20-24(21(23)14-27(32)34-22)26(31)28(2)25(20)30/h6-7,9-10,12,20-22,24,29,32H,4-5,8,11,13-15H2,1-3H3/b16-12+/t20-,21+,22-,24-/m1/s1. The lowest BCUT2D eigenvalue weighted by molar-refractivity contribution is -0.138. The van der Waals surface area contributed by atoms with Gasteiger partial charge in [-0.3, -0.25) is 14.5 Å². The van der Waals surface area contributed by atoms with E-state index in [2.05, 4.69) is 13.0 Å². The van der Waals surface area contributed by atoms with E-state index in [-0.39, 0.29) is 35.5 Å². The Morgan fingerprint density at radius 3 is 2.62 bits per heavy atom. The molecule has 2 amide bonds. The third-order valence-corrected chi connectivity index (χ3v) is 7.41. The molecule has 1 aromatic carbocycles. The molecular formula is C26H34BNO6. The Balaban J connectivity index is 1.61. The molecule has 2 heterocycles. The summed E-state index contributed by atoms with van der Waals surface area (Å²) in [5.74, 6) is -1.08. The van der Waals surface area contributed by atoms with Crippen LogP contribution >= 0.6 is 0 Å². The normalized spacial score (nSPS) is 27.4. The summed E-state index contributed by atoms with van der Waals surface area (Å²) in [5, 5.41) is 20.1. The molecule has 0 spiro atoms. The van der Waals surface area contributed by atoms with Crippen LogP contribution in [0.3, 0.4) is 0 Å². The van der Waals surface area contributed by atoms with Crippen LogP contribution in [0.2, 0.25) is 6.32 Å². The molecule has 34 heavy (non-hydrogen) atoms. The van der Waals surface area contributed by atoms with E-state index in [0.29, 0.717) is 25.8 Å². The molecule has 0 radical (unpaired) electrons. The van der Waals surface area contributed by atoms with E-state index >= 15 is 0 Å². The van der Waals surface area contributed by atoms with Crippen molar-refractivity contribution in [3.05, 3.63) is 46.5 Å². The van der Waals surface area contributed by atoms with Gasteiger partial charge in [-0.25, -0.2) is 0 Å². The number of rotatable bonds is 8. The van der Waals surface area contributed by atoms with Gasteiger partial charge in [-0.2, -0.15) is 0 Å². The van der Waals surface area contributed by atoms with Gasteiger partial charge in [0.15, 0.2) is 0 Å². The monoisotopic (exact) mass is 467 g/mol. The number of imide groups is 1. The van der Waals surface area contributed by atoms with E-state index in [1.807, 2.05) is 12.1 Å². The molecule has 182 valence electrons. The molecule has 4 atom stereocenters. The summed E-state index contributed by atoms with van der Waals surface area (Å²) in [4.78, 5) is 27.0. The van der Waals surface area contributed by atoms with Crippen LogP contribution in [0.4, 0.5) is 0 Å². The first-order valence-electron chi connectivity index (χ1n) is 12.2. The van der Waals surface area contributed by atoms with Gasteiger partial charge in [-0.05, 0) is 66.8 Å². The number of carbonyl (C=O) groups is 2. The molecule has 2 aliphatic heterocycles. The van der Waals surface area contributed by atoms with Crippen LogP contribution in [0.5, 0.6) is 5.75 Å². The van der Waals surface area contributed by atoms with Crippen molar-refractivity contribution in [1.82, 2.24) is 4.90 Å². The Kier molecular flexibility index (Phi) is 7.60. The molecular weight excluding hydrogens is 433 g/mol. The second-order valence-corrected chi connectivity index (χ2v) is 9.67. The second kappa shape index (κ2) is 10.5. The predicted molar refractivity (Wildman–Crippen MR) is 130 cm³/mol. The summed E-state index contributed by atoms with van der Waals surface area (Å²) < 4.78 is 11.5. The quantitative estimate of drug-likeness (QED) is 0.346. The zero-order valence-electron chi connectivity index (χ0n) is 20.2. The van der Waals surface area contributed by atoms with Crippen LogP contribution in [-0.2, 0) is 19.0 Å². The summed E-state index contributed by atoms with van der Waals surface area (Å²) in [6.45, 7) is 2.53. The van der Waals surface area contributed by atoms with Crippen molar-refractivity contribution in [1.29, 1.82) is 0 Å². The lowest BCUT2D eigenvalue weighted by Gasteiger charge is -2.43. The highest BCUT2D eigenvalue weighted by Gasteiger charge is 2.56. The fraction of sp³-hybridized carbons (Fsp3) is 0.538. The second-order valence-electron chi connectivity index (χ2n) is 9.67. The first kappa shape index (κ1) is 24.7. The fourth-order valence-electron chi connectivity index (χ4n) is 5.94. The molecule has 3 aliphatic rings. The first-order chi connectivity index (χ1) is 16.3. The molecule has 2 N–H and O–H groups in total. The van der Waals surface area contributed by atoms with Gasteiger partial charge in [0, 0.05) is 14.2 Å². The molecule has 4 rings (SSSR count). The van der Waals surface area contributed by atoms with E-state index < -0.39 is 13.0 Å². The van der Waals surface area contributed by atoms with Crippen molar-refractivity contribution in [2.24, 2.45) is 17.8 Å². The largest absolute Gasteiger partial charge is 0.508 e. The number of phenolic OH excluding ortho intramolecular Hbond substituents is 1. The number of hydrogen-bond donors (Lipinski definition) is 2. The molecule has 2 fully saturated rings. The molecule has 8 heteroatoms. The maximum absolute atomic E-state index is 13.0. The van der Waals surface area contributed by atoms with Gasteiger partial charge in [-0.1, -0.05) is 37.1 Å². The molecule has 0 unspecified atom stereocenters. The van der Waals surface area contributed by atoms with E-state index in [0.717, 1.165) is 36.0 Å². The zero-order chi connectivity index (χ0) is 24.4. The van der Waals surface area contributed by atoms with Gasteiger partial charge in [0.05, 0.1) is 24.5 Å². The van der Waals surface area contributed by atoms with Gasteiger partial charge in [0.1, 0.15) is 5.75 Å². The summed E-state index contributed by atoms with van der Waals surface area (Å²) in [6.07, 6.45) is 6.04. The third-order valence-electron chi connectivity index (χ3n) is 7.41. The zero-order valence-corrected chi connectivity index (χ0v) is 20.2. The number of nitrogens with zero attached hydrogens (tertiary/aromatic N) is 1. The first-order valence-corrected chi connectivity index (χ1v) is 12.2. The molecule has 0 aromatic heterocycles. The summed E-state index contributed by atoms with van der Waals surface area (Å²) in [5.41, 5.74) is 4.37. The van der Waals surface area contributed by atoms with Crippen molar-refractivity contribution in [3.63, 3.8) is 0 Å². The Labute approximate surface area is 201 Å².